The maximum absolute atomic E-state index is 13.4. The molecule has 1 N–H and O–H groups in total. The van der Waals surface area contributed by atoms with Crippen molar-refractivity contribution in [1.82, 2.24) is 29.9 Å². The lowest BCUT2D eigenvalue weighted by atomic mass is 10.1. The summed E-state index contributed by atoms with van der Waals surface area (Å²) in [6, 6.07) is 16.0. The van der Waals surface area contributed by atoms with E-state index in [0.717, 1.165) is 23.2 Å². The summed E-state index contributed by atoms with van der Waals surface area (Å²) < 4.78 is 22.6. The zero-order valence-electron chi connectivity index (χ0n) is 17.2. The normalized spacial score (nSPS) is 15.3. The molecule has 1 aliphatic heterocycles. The average molecular weight is 432 g/mol. The molecule has 8 nitrogen and oxygen atoms in total. The van der Waals surface area contributed by atoms with E-state index in [2.05, 4.69) is 27.5 Å². The Morgan fingerprint density at radius 2 is 2.03 bits per heavy atom. The van der Waals surface area contributed by atoms with Crippen LogP contribution >= 0.6 is 0 Å². The van der Waals surface area contributed by atoms with E-state index in [9.17, 15) is 9.18 Å². The SMILES string of the molecule is O=C(NC[C@H]1OCCc2cn(Cc3ccccc3)nc21)c1ncn(-c2cccc(F)c2)n1. The van der Waals surface area contributed by atoms with Crippen molar-refractivity contribution < 1.29 is 13.9 Å². The van der Waals surface area contributed by atoms with Crippen molar-refractivity contribution in [3.8, 4) is 5.69 Å². The van der Waals surface area contributed by atoms with Gasteiger partial charge in [0, 0.05) is 12.7 Å². The summed E-state index contributed by atoms with van der Waals surface area (Å²) in [6.45, 7) is 1.49. The summed E-state index contributed by atoms with van der Waals surface area (Å²) in [5.74, 6) is -0.819. The molecule has 162 valence electrons. The number of fused-ring (bicyclic) bond motifs is 1. The van der Waals surface area contributed by atoms with Gasteiger partial charge in [0.15, 0.2) is 0 Å². The van der Waals surface area contributed by atoms with Gasteiger partial charge in [-0.3, -0.25) is 9.48 Å². The number of amides is 1. The maximum Gasteiger partial charge on any atom is 0.291 e. The second-order valence-corrected chi connectivity index (χ2v) is 7.53. The van der Waals surface area contributed by atoms with Crippen LogP contribution < -0.4 is 5.32 Å². The fraction of sp³-hybridized carbons (Fsp3) is 0.217. The Morgan fingerprint density at radius 3 is 2.88 bits per heavy atom. The highest BCUT2D eigenvalue weighted by Gasteiger charge is 2.26. The van der Waals surface area contributed by atoms with Gasteiger partial charge in [-0.15, -0.1) is 5.10 Å². The Hall–Kier alpha value is -3.85. The standard InChI is InChI=1S/C23H21FN6O2/c24-18-7-4-8-19(11-18)30-15-26-22(28-30)23(31)25-12-20-21-17(9-10-32-20)14-29(27-21)13-16-5-2-1-3-6-16/h1-8,11,14-15,20H,9-10,12-13H2,(H,25,31)/t20-/m1/s1. The molecule has 0 aliphatic carbocycles. The minimum absolute atomic E-state index is 0.0000916. The summed E-state index contributed by atoms with van der Waals surface area (Å²) in [6.07, 6.45) is 3.87. The third-order valence-corrected chi connectivity index (χ3v) is 5.27. The Bertz CT molecular complexity index is 1240. The van der Waals surface area contributed by atoms with Gasteiger partial charge >= 0.3 is 0 Å². The molecule has 9 heteroatoms. The van der Waals surface area contributed by atoms with Crippen molar-refractivity contribution in [1.29, 1.82) is 0 Å². The zero-order chi connectivity index (χ0) is 21.9. The molecule has 5 rings (SSSR count). The summed E-state index contributed by atoms with van der Waals surface area (Å²) in [7, 11) is 0. The molecule has 1 aliphatic rings. The van der Waals surface area contributed by atoms with Gasteiger partial charge in [0.2, 0.25) is 5.82 Å². The minimum atomic E-state index is -0.431. The van der Waals surface area contributed by atoms with Crippen molar-refractivity contribution >= 4 is 5.91 Å². The number of hydrogen-bond acceptors (Lipinski definition) is 5. The van der Waals surface area contributed by atoms with E-state index in [1.807, 2.05) is 29.1 Å². The van der Waals surface area contributed by atoms with Crippen molar-refractivity contribution in [3.05, 3.63) is 95.6 Å². The van der Waals surface area contributed by atoms with Crippen LogP contribution in [0.15, 0.2) is 67.1 Å². The van der Waals surface area contributed by atoms with E-state index in [-0.39, 0.29) is 24.3 Å². The topological polar surface area (TPSA) is 86.9 Å². The fourth-order valence-corrected chi connectivity index (χ4v) is 3.71. The van der Waals surface area contributed by atoms with Crippen molar-refractivity contribution in [2.75, 3.05) is 13.2 Å². The van der Waals surface area contributed by atoms with Crippen LogP contribution in [0.5, 0.6) is 0 Å². The smallest absolute Gasteiger partial charge is 0.291 e. The lowest BCUT2D eigenvalue weighted by Gasteiger charge is -2.21. The lowest BCUT2D eigenvalue weighted by Crippen LogP contribution is -2.32. The summed E-state index contributed by atoms with van der Waals surface area (Å²) >= 11 is 0. The molecule has 2 aromatic carbocycles. The van der Waals surface area contributed by atoms with Gasteiger partial charge in [-0.05, 0) is 35.7 Å². The zero-order valence-corrected chi connectivity index (χ0v) is 17.2. The fourth-order valence-electron chi connectivity index (χ4n) is 3.71. The van der Waals surface area contributed by atoms with Crippen LogP contribution in [0.2, 0.25) is 0 Å². The number of carbonyl (C=O) groups is 1. The Kier molecular flexibility index (Phi) is 5.47. The molecule has 1 amide bonds. The van der Waals surface area contributed by atoms with Crippen molar-refractivity contribution in [2.24, 2.45) is 0 Å². The molecule has 0 fully saturated rings. The quantitative estimate of drug-likeness (QED) is 0.506. The Labute approximate surface area is 183 Å². The van der Waals surface area contributed by atoms with E-state index in [4.69, 9.17) is 9.84 Å². The number of nitrogens with one attached hydrogen (secondary N) is 1. The van der Waals surface area contributed by atoms with Gasteiger partial charge in [-0.2, -0.15) is 5.10 Å². The van der Waals surface area contributed by atoms with Gasteiger partial charge < -0.3 is 10.1 Å². The number of benzene rings is 2. The first-order valence-corrected chi connectivity index (χ1v) is 10.3. The second-order valence-electron chi connectivity index (χ2n) is 7.53. The Balaban J connectivity index is 1.25. The van der Waals surface area contributed by atoms with Crippen LogP contribution in [0.25, 0.3) is 5.69 Å². The van der Waals surface area contributed by atoms with Gasteiger partial charge in [-0.25, -0.2) is 14.1 Å². The van der Waals surface area contributed by atoms with Crippen LogP contribution in [0, 0.1) is 5.82 Å². The molecule has 0 bridgehead atoms. The van der Waals surface area contributed by atoms with Crippen molar-refractivity contribution in [2.45, 2.75) is 19.1 Å². The number of nitrogens with zero attached hydrogens (tertiary/aromatic N) is 5. The van der Waals surface area contributed by atoms with Crippen LogP contribution in [0.3, 0.4) is 0 Å². The number of aromatic nitrogens is 5. The monoisotopic (exact) mass is 432 g/mol. The maximum atomic E-state index is 13.4. The summed E-state index contributed by atoms with van der Waals surface area (Å²) in [5.41, 5.74) is 3.62. The largest absolute Gasteiger partial charge is 0.370 e. The highest BCUT2D eigenvalue weighted by molar-refractivity contribution is 5.90. The molecular weight excluding hydrogens is 411 g/mol. The molecule has 0 saturated heterocycles. The first kappa shape index (κ1) is 20.1. The van der Waals surface area contributed by atoms with Crippen LogP contribution in [0.1, 0.15) is 33.5 Å². The predicted molar refractivity (Wildman–Crippen MR) is 114 cm³/mol. The van der Waals surface area contributed by atoms with Crippen molar-refractivity contribution in [3.63, 3.8) is 0 Å². The number of ether oxygens (including phenoxy) is 1. The highest BCUT2D eigenvalue weighted by Crippen LogP contribution is 2.25. The number of carbonyl (C=O) groups excluding carboxylic acids is 1. The van der Waals surface area contributed by atoms with E-state index in [0.29, 0.717) is 18.8 Å². The van der Waals surface area contributed by atoms with Gasteiger partial charge in [0.1, 0.15) is 18.2 Å². The van der Waals surface area contributed by atoms with Crippen LogP contribution in [-0.2, 0) is 17.7 Å². The molecular formula is C23H21FN6O2. The molecule has 4 aromatic rings. The predicted octanol–water partition coefficient (Wildman–Crippen LogP) is 2.70. The first-order valence-electron chi connectivity index (χ1n) is 10.3. The number of rotatable bonds is 6. The van der Waals surface area contributed by atoms with E-state index < -0.39 is 5.91 Å². The third kappa shape index (κ3) is 4.28. The highest BCUT2D eigenvalue weighted by atomic mass is 19.1. The second kappa shape index (κ2) is 8.72. The first-order chi connectivity index (χ1) is 15.7. The number of hydrogen-bond donors (Lipinski definition) is 1. The van der Waals surface area contributed by atoms with Gasteiger partial charge in [-0.1, -0.05) is 36.4 Å². The molecule has 0 saturated carbocycles. The lowest BCUT2D eigenvalue weighted by molar-refractivity contribution is 0.0382. The van der Waals surface area contributed by atoms with Gasteiger partial charge in [0.05, 0.1) is 24.5 Å². The van der Waals surface area contributed by atoms with Crippen LogP contribution in [0.4, 0.5) is 4.39 Å². The molecule has 1 atom stereocenters. The van der Waals surface area contributed by atoms with Gasteiger partial charge in [0.25, 0.3) is 5.91 Å². The average Bonchev–Trinajstić information content (AvgIpc) is 3.45. The molecule has 3 heterocycles. The minimum Gasteiger partial charge on any atom is -0.370 e. The van der Waals surface area contributed by atoms with E-state index in [1.165, 1.54) is 23.1 Å². The molecule has 2 aromatic heterocycles. The third-order valence-electron chi connectivity index (χ3n) is 5.27. The number of halogens is 1. The molecule has 0 unspecified atom stereocenters. The van der Waals surface area contributed by atoms with E-state index in [1.54, 1.807) is 12.1 Å². The van der Waals surface area contributed by atoms with E-state index >= 15 is 0 Å². The molecule has 0 radical (unpaired) electrons. The Morgan fingerprint density at radius 1 is 1.16 bits per heavy atom. The van der Waals surface area contributed by atoms with Crippen LogP contribution in [-0.4, -0.2) is 43.6 Å². The molecule has 0 spiro atoms. The molecule has 32 heavy (non-hydrogen) atoms. The summed E-state index contributed by atoms with van der Waals surface area (Å²) in [5, 5.41) is 11.7. The summed E-state index contributed by atoms with van der Waals surface area (Å²) in [4.78, 5) is 16.6.